The van der Waals surface area contributed by atoms with E-state index >= 15 is 14.4 Å². The van der Waals surface area contributed by atoms with Crippen LogP contribution in [0, 0.1) is 0 Å². The van der Waals surface area contributed by atoms with Gasteiger partial charge in [-0.3, -0.25) is 72.2 Å². The normalized spacial score (nSPS) is 20.5. The van der Waals surface area contributed by atoms with Crippen molar-refractivity contribution in [3.8, 4) is 11.5 Å². The third kappa shape index (κ3) is 29.9. The van der Waals surface area contributed by atoms with Crippen molar-refractivity contribution < 1.29 is 110 Å². The van der Waals surface area contributed by atoms with Gasteiger partial charge in [0.25, 0.3) is 0 Å². The second kappa shape index (κ2) is 44.0. The summed E-state index contributed by atoms with van der Waals surface area (Å²) in [5.41, 5.74) is 18.8. The number of halogens is 1. The van der Waals surface area contributed by atoms with Gasteiger partial charge in [0.2, 0.25) is 53.2 Å². The van der Waals surface area contributed by atoms with Gasteiger partial charge in [0, 0.05) is 111 Å². The molecule has 2 aliphatic heterocycles. The van der Waals surface area contributed by atoms with Gasteiger partial charge in [-0.25, -0.2) is 4.79 Å². The molecule has 581 valence electrons. The second-order valence-corrected chi connectivity index (χ2v) is 28.2. The van der Waals surface area contributed by atoms with Crippen molar-refractivity contribution in [3.05, 3.63) is 124 Å². The van der Waals surface area contributed by atoms with Gasteiger partial charge in [0.15, 0.2) is 0 Å². The van der Waals surface area contributed by atoms with Crippen molar-refractivity contribution in [2.24, 2.45) is 17.2 Å². The van der Waals surface area contributed by atoms with Crippen molar-refractivity contribution in [2.45, 2.75) is 125 Å². The number of nitrogens with zero attached hydrogens (tertiary/aromatic N) is 3. The predicted molar refractivity (Wildman–Crippen MR) is 387 cm³/mol. The van der Waals surface area contributed by atoms with Gasteiger partial charge in [-0.05, 0) is 110 Å². The molecule has 0 aromatic heterocycles. The molecule has 0 saturated carbocycles. The van der Waals surface area contributed by atoms with Gasteiger partial charge in [-0.2, -0.15) is 0 Å². The smallest absolute Gasteiger partial charge is 0.320 e. The van der Waals surface area contributed by atoms with Crippen molar-refractivity contribution in [1.82, 2.24) is 57.2 Å². The predicted octanol–water partition coefficient (Wildman–Crippen LogP) is -1.90. The third-order valence-electron chi connectivity index (χ3n) is 17.0. The number of aliphatic hydroxyl groups is 1. The second-order valence-electron chi connectivity index (χ2n) is 25.2. The number of carboxylic acid groups (broad SMARTS) is 3. The number of hydrogen-bond donors (Lipinski definition) is 18. The van der Waals surface area contributed by atoms with E-state index in [0.717, 1.165) is 28.5 Å². The number of phenolic OH excluding ortho intramolecular Hbond substituents is 2. The van der Waals surface area contributed by atoms with Crippen LogP contribution in [0.5, 0.6) is 11.5 Å². The molecule has 34 nitrogen and oxygen atoms in total. The van der Waals surface area contributed by atoms with Gasteiger partial charge in [-0.1, -0.05) is 81.7 Å². The number of rotatable bonds is 29. The van der Waals surface area contributed by atoms with Crippen LogP contribution in [-0.4, -0.2) is 253 Å². The number of carboxylic acids is 3. The molecule has 11 amide bonds. The fraction of sp³-hybridized carbons (Fsp3) is 0.456. The Morgan fingerprint density at radius 3 is 1.58 bits per heavy atom. The molecule has 10 atom stereocenters. The molecule has 6 rings (SSSR count). The van der Waals surface area contributed by atoms with E-state index in [1.165, 1.54) is 99.6 Å². The first kappa shape index (κ1) is 87.3. The summed E-state index contributed by atoms with van der Waals surface area (Å²) in [6, 6.07) is 7.85. The summed E-state index contributed by atoms with van der Waals surface area (Å²) in [5.74, 6) is -13.9. The molecule has 38 heteroatoms. The molecule has 0 bridgehead atoms. The van der Waals surface area contributed by atoms with Gasteiger partial charge in [-0.15, -0.1) is 0 Å². The van der Waals surface area contributed by atoms with Crippen LogP contribution in [0.1, 0.15) is 61.3 Å². The minimum Gasteiger partial charge on any atom is -0.508 e. The van der Waals surface area contributed by atoms with E-state index in [1.807, 2.05) is 0 Å². The topological polar surface area (TPSA) is 539 Å². The SMILES string of the molecule is C[C@@H](O)[C@@H]1NC(=O)[C@H](CCCCN)NC(=O)[C@@H](Cc2ccc(NC(N)=O)cc2)NC(=O)[C@H](Cc2ccc(O)cc2)NC(=O)[C@@H](NC(=O)[C@@H](Cc2ccc(Cl)cc2)NC(=O)CCC(C(=O)O)N2CCN(CC(=O)O)CCN(CC(=O)O)CC2)CSSC[C@@H](C(=O)N[C@H](Cc2ccc(O)cc2)C(N)=O)NC1=O.[67Cu]. The van der Waals surface area contributed by atoms with E-state index in [1.54, 1.807) is 12.1 Å². The van der Waals surface area contributed by atoms with Crippen LogP contribution >= 0.6 is 33.2 Å². The molecule has 4 aromatic rings. The molecule has 1 unspecified atom stereocenters. The number of primary amides is 2. The number of nitrogens with one attached hydrogen (secondary N) is 9. The van der Waals surface area contributed by atoms with Crippen molar-refractivity contribution in [1.29, 1.82) is 0 Å². The number of aromatic hydroxyl groups is 2. The largest absolute Gasteiger partial charge is 0.508 e. The molecule has 0 aliphatic carbocycles. The number of nitrogens with two attached hydrogens (primary N) is 3. The fourth-order valence-corrected chi connectivity index (χ4v) is 13.8. The number of urea groups is 1. The Labute approximate surface area is 633 Å². The summed E-state index contributed by atoms with van der Waals surface area (Å²) < 4.78 is 0. The molecule has 2 fully saturated rings. The average Bonchev–Trinajstić information content (AvgIpc) is 1.10. The van der Waals surface area contributed by atoms with Gasteiger partial charge in [0.1, 0.15) is 65.9 Å². The maximum atomic E-state index is 15.3. The van der Waals surface area contributed by atoms with E-state index in [-0.39, 0.29) is 125 Å². The van der Waals surface area contributed by atoms with E-state index in [4.69, 9.17) is 28.8 Å². The zero-order chi connectivity index (χ0) is 76.9. The first-order chi connectivity index (χ1) is 49.9. The number of hydrogen-bond acceptors (Lipinski definition) is 22. The maximum Gasteiger partial charge on any atom is 0.320 e. The number of phenols is 2. The van der Waals surface area contributed by atoms with Gasteiger partial charge < -0.3 is 95.7 Å². The number of aliphatic hydroxyl groups excluding tert-OH is 1. The minimum absolute atomic E-state index is 0. The summed E-state index contributed by atoms with van der Waals surface area (Å²) >= 11 is 6.26. The van der Waals surface area contributed by atoms with Crippen LogP contribution in [-0.2, 0) is 100 Å². The van der Waals surface area contributed by atoms with E-state index in [2.05, 4.69) is 47.9 Å². The van der Waals surface area contributed by atoms with Crippen LogP contribution in [0.25, 0.3) is 0 Å². The van der Waals surface area contributed by atoms with Crippen molar-refractivity contribution >= 4 is 116 Å². The van der Waals surface area contributed by atoms with Crippen LogP contribution in [0.4, 0.5) is 10.5 Å². The summed E-state index contributed by atoms with van der Waals surface area (Å²) in [6.07, 6.45) is -3.34. The van der Waals surface area contributed by atoms with E-state index in [0.29, 0.717) is 33.7 Å². The van der Waals surface area contributed by atoms with Crippen LogP contribution in [0.3, 0.4) is 0 Å². The van der Waals surface area contributed by atoms with Gasteiger partial charge in [0.05, 0.1) is 19.2 Å². The Balaban J connectivity index is 0.0000202. The Morgan fingerprint density at radius 1 is 0.594 bits per heavy atom. The van der Waals surface area contributed by atoms with Crippen LogP contribution in [0.2, 0.25) is 5.02 Å². The Hall–Kier alpha value is -9.30. The molecule has 2 saturated heterocycles. The fourth-order valence-electron chi connectivity index (χ4n) is 11.4. The quantitative estimate of drug-likeness (QED) is 0.0160. The summed E-state index contributed by atoms with van der Waals surface area (Å²) in [7, 11) is 1.68. The maximum absolute atomic E-state index is 15.3. The number of anilines is 1. The number of carbonyl (C=O) groups is 13. The van der Waals surface area contributed by atoms with Crippen LogP contribution < -0.4 is 65.1 Å². The zero-order valence-corrected chi connectivity index (χ0v) is 61.0. The molecule has 21 N–H and O–H groups in total. The van der Waals surface area contributed by atoms with Gasteiger partial charge >= 0.3 is 23.9 Å². The number of amides is 11. The van der Waals surface area contributed by atoms with E-state index < -0.39 is 169 Å². The zero-order valence-electron chi connectivity index (χ0n) is 57.7. The monoisotopic (exact) mass is 1590 g/mol. The third-order valence-corrected chi connectivity index (χ3v) is 19.7. The first-order valence-electron chi connectivity index (χ1n) is 33.6. The molecule has 1 radical (unpaired) electrons. The standard InChI is InChI=1S/C68H90ClN15O19S2.Cu/c1-38(85)58-66(100)80-53(64(98)76-48(59(71)93)30-41-9-17-45(86)18-10-41)37-105-104-36-52(79-61(95)49(31-39-5-13-43(69)14-6-39)74-55(88)22-21-54(67(101)102)84-28-26-82(34-56(89)90)24-25-83(27-29-84)35-57(91)92)65(99)78-51(33-42-11-19-46(87)20-12-42)63(97)77-50(32-40-7-15-44(16-8-40)73-68(72)103)62(96)75-47(60(94)81-58)4-2-3-23-70;/h5-20,38,47-54,58,85-87H,2-4,21-37,70H2,1H3,(H2,71,93)(H,74,88)(H,75,96)(H,76,98)(H,77,97)(H,78,99)(H,79,95)(H,80,100)(H,81,94)(H,89,90)(H,91,92)(H,101,102)(H3,72,73,103);/t38-,47+,48-,49-,50-,51+,52+,53+,54?,58+;/m1./s1/i;1+3. The molecule has 2 heterocycles. The molecule has 4 aromatic carbocycles. The Morgan fingerprint density at radius 2 is 1.08 bits per heavy atom. The Bertz CT molecular complexity index is 3640. The number of carbonyl (C=O) groups excluding carboxylic acids is 10. The number of aliphatic carboxylic acids is 3. The van der Waals surface area contributed by atoms with Crippen molar-refractivity contribution in [3.63, 3.8) is 0 Å². The summed E-state index contributed by atoms with van der Waals surface area (Å²) in [4.78, 5) is 184. The Kier molecular flexibility index (Phi) is 36.2. The number of unbranched alkanes of at least 4 members (excludes halogenated alkanes) is 1. The summed E-state index contributed by atoms with van der Waals surface area (Å²) in [6.45, 7) is 0.957. The number of benzene rings is 4. The molecule has 0 spiro atoms. The minimum atomic E-state index is -1.86. The summed E-state index contributed by atoms with van der Waals surface area (Å²) in [5, 5.41) is 84.9. The van der Waals surface area contributed by atoms with Crippen LogP contribution in [0.15, 0.2) is 97.1 Å². The average molecular weight is 1590 g/mol. The molecular formula is C68H90ClCuN15O19S2. The first-order valence-corrected chi connectivity index (χ1v) is 36.4. The molecule has 106 heavy (non-hydrogen) atoms. The molecule has 2 aliphatic rings. The van der Waals surface area contributed by atoms with E-state index in [9.17, 15) is 78.6 Å². The van der Waals surface area contributed by atoms with Crippen molar-refractivity contribution in [2.75, 3.05) is 75.7 Å². The molecular weight excluding hydrogens is 1500 g/mol.